The molecule has 3 heteroatoms. The molecule has 1 heterocycles. The molecule has 1 N–H and O–H groups in total. The summed E-state index contributed by atoms with van der Waals surface area (Å²) in [6.45, 7) is 5.51. The number of benzene rings is 2. The van der Waals surface area contributed by atoms with Crippen molar-refractivity contribution in [2.45, 2.75) is 19.4 Å². The van der Waals surface area contributed by atoms with Crippen LogP contribution in [-0.2, 0) is 4.74 Å². The van der Waals surface area contributed by atoms with Crippen LogP contribution < -0.4 is 10.1 Å². The van der Waals surface area contributed by atoms with Crippen LogP contribution in [0.5, 0.6) is 5.75 Å². The zero-order chi connectivity index (χ0) is 14.5. The van der Waals surface area contributed by atoms with E-state index < -0.39 is 0 Å². The molecule has 21 heavy (non-hydrogen) atoms. The SMILES string of the molecule is CCOCC(Oc1cccc2ccccc12)C1CCNC1. The van der Waals surface area contributed by atoms with Crippen molar-refractivity contribution in [3.63, 3.8) is 0 Å². The summed E-state index contributed by atoms with van der Waals surface area (Å²) in [5.41, 5.74) is 0. The van der Waals surface area contributed by atoms with Gasteiger partial charge in [0.25, 0.3) is 0 Å². The Bertz CT molecular complexity index is 573. The minimum absolute atomic E-state index is 0.116. The molecule has 0 radical (unpaired) electrons. The van der Waals surface area contributed by atoms with Crippen LogP contribution in [0.3, 0.4) is 0 Å². The number of hydrogen-bond acceptors (Lipinski definition) is 3. The van der Waals surface area contributed by atoms with E-state index >= 15 is 0 Å². The predicted molar refractivity (Wildman–Crippen MR) is 85.8 cm³/mol. The Kier molecular flexibility index (Phi) is 4.73. The molecule has 112 valence electrons. The molecule has 2 unspecified atom stereocenters. The zero-order valence-electron chi connectivity index (χ0n) is 12.5. The van der Waals surface area contributed by atoms with Crippen LogP contribution in [0.1, 0.15) is 13.3 Å². The van der Waals surface area contributed by atoms with E-state index in [4.69, 9.17) is 9.47 Å². The molecule has 0 bridgehead atoms. The van der Waals surface area contributed by atoms with Gasteiger partial charge in [-0.1, -0.05) is 36.4 Å². The largest absolute Gasteiger partial charge is 0.487 e. The minimum Gasteiger partial charge on any atom is -0.487 e. The Balaban J connectivity index is 1.82. The van der Waals surface area contributed by atoms with Gasteiger partial charge < -0.3 is 14.8 Å². The molecule has 2 aromatic rings. The number of hydrogen-bond donors (Lipinski definition) is 1. The van der Waals surface area contributed by atoms with Crippen LogP contribution in [-0.4, -0.2) is 32.4 Å². The van der Waals surface area contributed by atoms with Gasteiger partial charge in [0.2, 0.25) is 0 Å². The van der Waals surface area contributed by atoms with Gasteiger partial charge in [-0.05, 0) is 31.3 Å². The van der Waals surface area contributed by atoms with E-state index in [1.165, 1.54) is 10.8 Å². The summed E-state index contributed by atoms with van der Waals surface area (Å²) in [6, 6.07) is 14.6. The van der Waals surface area contributed by atoms with Crippen LogP contribution in [0, 0.1) is 5.92 Å². The van der Waals surface area contributed by atoms with Gasteiger partial charge in [0, 0.05) is 24.5 Å². The third kappa shape index (κ3) is 3.36. The molecule has 1 aliphatic rings. The normalized spacial score (nSPS) is 19.8. The van der Waals surface area contributed by atoms with E-state index in [-0.39, 0.29) is 6.10 Å². The summed E-state index contributed by atoms with van der Waals surface area (Å²) in [4.78, 5) is 0. The fraction of sp³-hybridized carbons (Fsp3) is 0.444. The monoisotopic (exact) mass is 285 g/mol. The Morgan fingerprint density at radius 2 is 2.05 bits per heavy atom. The molecule has 1 saturated heterocycles. The van der Waals surface area contributed by atoms with E-state index in [0.717, 1.165) is 31.9 Å². The number of rotatable bonds is 6. The first-order chi connectivity index (χ1) is 10.4. The van der Waals surface area contributed by atoms with Crippen molar-refractivity contribution in [1.82, 2.24) is 5.32 Å². The summed E-state index contributed by atoms with van der Waals surface area (Å²) in [5, 5.41) is 5.81. The molecule has 2 atom stereocenters. The average molecular weight is 285 g/mol. The van der Waals surface area contributed by atoms with Crippen molar-refractivity contribution in [2.24, 2.45) is 5.92 Å². The summed E-state index contributed by atoms with van der Waals surface area (Å²) in [7, 11) is 0. The molecule has 0 aromatic heterocycles. The maximum atomic E-state index is 6.35. The average Bonchev–Trinajstić information content (AvgIpc) is 3.06. The summed E-state index contributed by atoms with van der Waals surface area (Å²) in [5.74, 6) is 1.49. The van der Waals surface area contributed by atoms with Crippen molar-refractivity contribution in [3.8, 4) is 5.75 Å². The van der Waals surface area contributed by atoms with E-state index in [9.17, 15) is 0 Å². The van der Waals surface area contributed by atoms with Gasteiger partial charge in [0.15, 0.2) is 0 Å². The smallest absolute Gasteiger partial charge is 0.127 e. The van der Waals surface area contributed by atoms with Crippen LogP contribution in [0.25, 0.3) is 10.8 Å². The first-order valence-electron chi connectivity index (χ1n) is 7.81. The fourth-order valence-electron chi connectivity index (χ4n) is 2.96. The van der Waals surface area contributed by atoms with Gasteiger partial charge in [-0.25, -0.2) is 0 Å². The van der Waals surface area contributed by atoms with Crippen molar-refractivity contribution in [1.29, 1.82) is 0 Å². The van der Waals surface area contributed by atoms with Crippen LogP contribution in [0.2, 0.25) is 0 Å². The number of ether oxygens (including phenoxy) is 2. The third-order valence-corrected chi connectivity index (χ3v) is 4.14. The van der Waals surface area contributed by atoms with Crippen molar-refractivity contribution < 1.29 is 9.47 Å². The van der Waals surface area contributed by atoms with Crippen LogP contribution >= 0.6 is 0 Å². The molecular weight excluding hydrogens is 262 g/mol. The lowest BCUT2D eigenvalue weighted by Crippen LogP contribution is -2.33. The summed E-state index contributed by atoms with van der Waals surface area (Å²) < 4.78 is 12.0. The topological polar surface area (TPSA) is 30.5 Å². The first-order valence-corrected chi connectivity index (χ1v) is 7.81. The highest BCUT2D eigenvalue weighted by atomic mass is 16.5. The van der Waals surface area contributed by atoms with E-state index in [1.807, 2.05) is 6.92 Å². The Morgan fingerprint density at radius 3 is 2.86 bits per heavy atom. The Labute approximate surface area is 126 Å². The van der Waals surface area contributed by atoms with Crippen molar-refractivity contribution >= 4 is 10.8 Å². The van der Waals surface area contributed by atoms with Gasteiger partial charge in [-0.2, -0.15) is 0 Å². The first kappa shape index (κ1) is 14.4. The lowest BCUT2D eigenvalue weighted by molar-refractivity contribution is 0.0300. The molecule has 3 nitrogen and oxygen atoms in total. The highest BCUT2D eigenvalue weighted by Gasteiger charge is 2.27. The molecule has 0 amide bonds. The summed E-state index contributed by atoms with van der Waals surface area (Å²) >= 11 is 0. The standard InChI is InChI=1S/C18H23NO2/c1-2-20-13-18(15-10-11-19-12-15)21-17-9-5-7-14-6-3-4-8-16(14)17/h3-9,15,18-19H,2,10-13H2,1H3. The molecule has 3 rings (SSSR count). The maximum Gasteiger partial charge on any atom is 0.127 e. The van der Waals surface area contributed by atoms with Gasteiger partial charge in [-0.15, -0.1) is 0 Å². The van der Waals surface area contributed by atoms with E-state index in [1.54, 1.807) is 0 Å². The highest BCUT2D eigenvalue weighted by Crippen LogP contribution is 2.28. The molecule has 0 aliphatic carbocycles. The predicted octanol–water partition coefficient (Wildman–Crippen LogP) is 3.23. The van der Waals surface area contributed by atoms with Gasteiger partial charge in [0.05, 0.1) is 6.61 Å². The van der Waals surface area contributed by atoms with Gasteiger partial charge >= 0.3 is 0 Å². The molecule has 1 fully saturated rings. The third-order valence-electron chi connectivity index (χ3n) is 4.14. The second-order valence-electron chi connectivity index (χ2n) is 5.55. The second kappa shape index (κ2) is 6.92. The quantitative estimate of drug-likeness (QED) is 0.884. The highest BCUT2D eigenvalue weighted by molar-refractivity contribution is 5.88. The molecule has 1 aliphatic heterocycles. The maximum absolute atomic E-state index is 6.35. The van der Waals surface area contributed by atoms with Gasteiger partial charge in [-0.3, -0.25) is 0 Å². The second-order valence-corrected chi connectivity index (χ2v) is 5.55. The van der Waals surface area contributed by atoms with Gasteiger partial charge in [0.1, 0.15) is 11.9 Å². The van der Waals surface area contributed by atoms with E-state index in [2.05, 4.69) is 47.8 Å². The number of fused-ring (bicyclic) bond motifs is 1. The Morgan fingerprint density at radius 1 is 1.19 bits per heavy atom. The number of nitrogens with one attached hydrogen (secondary N) is 1. The van der Waals surface area contributed by atoms with Crippen LogP contribution in [0.4, 0.5) is 0 Å². The lowest BCUT2D eigenvalue weighted by Gasteiger charge is -2.25. The Hall–Kier alpha value is -1.58. The summed E-state index contributed by atoms with van der Waals surface area (Å²) in [6.07, 6.45) is 1.27. The van der Waals surface area contributed by atoms with Crippen LogP contribution in [0.15, 0.2) is 42.5 Å². The van der Waals surface area contributed by atoms with Crippen molar-refractivity contribution in [3.05, 3.63) is 42.5 Å². The molecule has 0 saturated carbocycles. The molecule has 0 spiro atoms. The zero-order valence-corrected chi connectivity index (χ0v) is 12.5. The molecule has 2 aromatic carbocycles. The molecular formula is C18H23NO2. The minimum atomic E-state index is 0.116. The lowest BCUT2D eigenvalue weighted by atomic mass is 10.0. The van der Waals surface area contributed by atoms with Crippen molar-refractivity contribution in [2.75, 3.05) is 26.3 Å². The fourth-order valence-corrected chi connectivity index (χ4v) is 2.96. The van der Waals surface area contributed by atoms with E-state index in [0.29, 0.717) is 12.5 Å².